The molecule has 0 heterocycles. The maximum Gasteiger partial charge on any atom is 0.427 e. The van der Waals surface area contributed by atoms with E-state index in [-0.39, 0.29) is 0 Å². The van der Waals surface area contributed by atoms with Crippen LogP contribution in [0.5, 0.6) is 5.75 Å². The molecule has 0 radical (unpaired) electrons. The summed E-state index contributed by atoms with van der Waals surface area (Å²) in [5, 5.41) is 2.86. The van der Waals surface area contributed by atoms with Crippen molar-refractivity contribution in [1.82, 2.24) is 5.43 Å². The summed E-state index contributed by atoms with van der Waals surface area (Å²) in [6, 6.07) is 18.1. The molecule has 6 nitrogen and oxygen atoms in total. The number of hydrogen-bond acceptors (Lipinski definition) is 4. The number of carbonyl (C=O) groups excluding carboxylic acids is 2. The van der Waals surface area contributed by atoms with Gasteiger partial charge in [-0.25, -0.2) is 15.2 Å². The molecule has 2 amide bonds. The normalized spacial score (nSPS) is 11.1. The van der Waals surface area contributed by atoms with Crippen molar-refractivity contribution < 1.29 is 19.1 Å². The van der Waals surface area contributed by atoms with Crippen LogP contribution in [0.3, 0.4) is 0 Å². The molecule has 1 N–H and O–H groups in total. The molecule has 3 aromatic carbocycles. The molecule has 0 aliphatic heterocycles. The van der Waals surface area contributed by atoms with Crippen LogP contribution in [-0.4, -0.2) is 24.7 Å². The van der Waals surface area contributed by atoms with E-state index in [9.17, 15) is 9.59 Å². The molecule has 0 atom stereocenters. The topological polar surface area (TPSA) is 67.9 Å². The fraction of sp³-hybridized carbons (Fsp3) is 0.217. The smallest absolute Gasteiger partial charge is 0.427 e. The number of halogens is 1. The maximum absolute atomic E-state index is 13.5. The van der Waals surface area contributed by atoms with E-state index in [1.807, 2.05) is 30.3 Å². The van der Waals surface area contributed by atoms with E-state index in [4.69, 9.17) is 9.47 Å². The van der Waals surface area contributed by atoms with Gasteiger partial charge in [0.1, 0.15) is 11.4 Å². The van der Waals surface area contributed by atoms with Crippen molar-refractivity contribution in [3.63, 3.8) is 0 Å². The molecule has 30 heavy (non-hydrogen) atoms. The molecule has 0 spiro atoms. The molecule has 156 valence electrons. The minimum absolute atomic E-state index is 0.338. The lowest BCUT2D eigenvalue weighted by Crippen LogP contribution is -2.48. The second-order valence-electron chi connectivity index (χ2n) is 7.58. The number of fused-ring (bicyclic) bond motifs is 1. The van der Waals surface area contributed by atoms with Crippen molar-refractivity contribution in [2.75, 3.05) is 12.1 Å². The molecule has 3 rings (SSSR count). The third-order valence-electron chi connectivity index (χ3n) is 4.21. The lowest BCUT2D eigenvalue weighted by molar-refractivity contribution is 0.0510. The molecule has 0 bridgehead atoms. The first kappa shape index (κ1) is 21.6. The lowest BCUT2D eigenvalue weighted by atomic mass is 10.0. The van der Waals surface area contributed by atoms with Gasteiger partial charge in [0.25, 0.3) is 5.91 Å². The molecule has 3 aromatic rings. The second kappa shape index (κ2) is 8.75. The highest BCUT2D eigenvalue weighted by molar-refractivity contribution is 9.10. The number of methoxy groups -OCH3 is 1. The number of benzene rings is 3. The van der Waals surface area contributed by atoms with E-state index in [1.165, 1.54) is 5.01 Å². The summed E-state index contributed by atoms with van der Waals surface area (Å²) >= 11 is 3.55. The minimum atomic E-state index is -0.733. The number of amides is 2. The zero-order valence-corrected chi connectivity index (χ0v) is 18.8. The van der Waals surface area contributed by atoms with Crippen LogP contribution in [0.4, 0.5) is 10.5 Å². The number of hydrazine groups is 1. The van der Waals surface area contributed by atoms with Crippen molar-refractivity contribution in [2.24, 2.45) is 0 Å². The van der Waals surface area contributed by atoms with Gasteiger partial charge in [-0.3, -0.25) is 4.79 Å². The van der Waals surface area contributed by atoms with Crippen molar-refractivity contribution in [2.45, 2.75) is 26.4 Å². The summed E-state index contributed by atoms with van der Waals surface area (Å²) in [7, 11) is 1.55. The molecule has 0 aliphatic carbocycles. The average molecular weight is 471 g/mol. The van der Waals surface area contributed by atoms with Crippen LogP contribution < -0.4 is 15.2 Å². The van der Waals surface area contributed by atoms with E-state index in [0.717, 1.165) is 10.8 Å². The minimum Gasteiger partial charge on any atom is -0.496 e. The Morgan fingerprint density at radius 1 is 0.967 bits per heavy atom. The largest absolute Gasteiger partial charge is 0.496 e. The third-order valence-corrected chi connectivity index (χ3v) is 5.07. The number of para-hydroxylation sites is 1. The quantitative estimate of drug-likeness (QED) is 0.498. The van der Waals surface area contributed by atoms with Crippen molar-refractivity contribution in [1.29, 1.82) is 0 Å². The predicted molar refractivity (Wildman–Crippen MR) is 121 cm³/mol. The molecule has 0 fully saturated rings. The Balaban J connectivity index is 2.07. The number of anilines is 1. The SMILES string of the molecule is COc1cc(C(=O)N(NC(=O)OC(C)(C)C)c2ccccc2)c(Br)c2ccccc12. The molecular formula is C23H23BrN2O4. The second-order valence-corrected chi connectivity index (χ2v) is 8.37. The Labute approximate surface area is 183 Å². The Bertz CT molecular complexity index is 1080. The van der Waals surface area contributed by atoms with Crippen molar-refractivity contribution in [3.05, 3.63) is 70.7 Å². The van der Waals surface area contributed by atoms with Gasteiger partial charge in [-0.2, -0.15) is 0 Å². The van der Waals surface area contributed by atoms with E-state index in [1.54, 1.807) is 58.2 Å². The van der Waals surface area contributed by atoms with Crippen molar-refractivity contribution >= 4 is 44.4 Å². The molecule has 0 aromatic heterocycles. The van der Waals surface area contributed by atoms with Gasteiger partial charge in [-0.15, -0.1) is 0 Å². The number of ether oxygens (including phenoxy) is 2. The van der Waals surface area contributed by atoms with Gasteiger partial charge in [0, 0.05) is 15.2 Å². The number of nitrogens with one attached hydrogen (secondary N) is 1. The van der Waals surface area contributed by atoms with E-state index >= 15 is 0 Å². The molecule has 0 saturated carbocycles. The number of rotatable bonds is 3. The first-order valence-electron chi connectivity index (χ1n) is 9.35. The standard InChI is InChI=1S/C23H23BrN2O4/c1-23(2,3)30-22(28)25-26(15-10-6-5-7-11-15)21(27)18-14-19(29-4)16-12-8-9-13-17(16)20(18)24/h5-14H,1-4H3,(H,25,28). The average Bonchev–Trinajstić information content (AvgIpc) is 2.71. The van der Waals surface area contributed by atoms with E-state index in [0.29, 0.717) is 21.5 Å². The van der Waals surface area contributed by atoms with Crippen LogP contribution in [0.15, 0.2) is 65.1 Å². The zero-order chi connectivity index (χ0) is 21.9. The van der Waals surface area contributed by atoms with Crippen LogP contribution in [-0.2, 0) is 4.74 Å². The summed E-state index contributed by atoms with van der Waals surface area (Å²) in [4.78, 5) is 26.0. The summed E-state index contributed by atoms with van der Waals surface area (Å²) in [6.07, 6.45) is -0.733. The van der Waals surface area contributed by atoms with Gasteiger partial charge >= 0.3 is 6.09 Å². The molecular weight excluding hydrogens is 448 g/mol. The first-order chi connectivity index (χ1) is 14.2. The van der Waals surface area contributed by atoms with Crippen LogP contribution in [0.2, 0.25) is 0 Å². The van der Waals surface area contributed by atoms with E-state index in [2.05, 4.69) is 21.4 Å². The molecule has 0 unspecified atom stereocenters. The lowest BCUT2D eigenvalue weighted by Gasteiger charge is -2.27. The highest BCUT2D eigenvalue weighted by Gasteiger charge is 2.26. The summed E-state index contributed by atoms with van der Waals surface area (Å²) in [6.45, 7) is 5.27. The van der Waals surface area contributed by atoms with Gasteiger partial charge in [-0.05, 0) is 54.9 Å². The summed E-state index contributed by atoms with van der Waals surface area (Å²) in [5.74, 6) is 0.116. The summed E-state index contributed by atoms with van der Waals surface area (Å²) in [5.41, 5.74) is 2.69. The van der Waals surface area contributed by atoms with Gasteiger partial charge in [-0.1, -0.05) is 42.5 Å². The Hall–Kier alpha value is -3.06. The van der Waals surface area contributed by atoms with Crippen LogP contribution in [0.1, 0.15) is 31.1 Å². The van der Waals surface area contributed by atoms with Gasteiger partial charge in [0.05, 0.1) is 18.4 Å². The van der Waals surface area contributed by atoms with Gasteiger partial charge < -0.3 is 9.47 Å². The summed E-state index contributed by atoms with van der Waals surface area (Å²) < 4.78 is 11.5. The number of carbonyl (C=O) groups is 2. The van der Waals surface area contributed by atoms with Crippen LogP contribution >= 0.6 is 15.9 Å². The maximum atomic E-state index is 13.5. The fourth-order valence-electron chi connectivity index (χ4n) is 2.95. The molecule has 7 heteroatoms. The van der Waals surface area contributed by atoms with Gasteiger partial charge in [0.2, 0.25) is 0 Å². The van der Waals surface area contributed by atoms with Crippen LogP contribution in [0, 0.1) is 0 Å². The molecule has 0 aliphatic rings. The number of hydrogen-bond donors (Lipinski definition) is 1. The highest BCUT2D eigenvalue weighted by Crippen LogP contribution is 2.35. The van der Waals surface area contributed by atoms with E-state index < -0.39 is 17.6 Å². The Morgan fingerprint density at radius 3 is 2.17 bits per heavy atom. The Kier molecular flexibility index (Phi) is 6.31. The monoisotopic (exact) mass is 470 g/mol. The third kappa shape index (κ3) is 4.74. The van der Waals surface area contributed by atoms with Crippen molar-refractivity contribution in [3.8, 4) is 5.75 Å². The fourth-order valence-corrected chi connectivity index (χ4v) is 3.58. The predicted octanol–water partition coefficient (Wildman–Crippen LogP) is 5.70. The van der Waals surface area contributed by atoms with Gasteiger partial charge in [0.15, 0.2) is 0 Å². The molecule has 0 saturated heterocycles. The highest BCUT2D eigenvalue weighted by atomic mass is 79.9. The zero-order valence-electron chi connectivity index (χ0n) is 17.2. The first-order valence-corrected chi connectivity index (χ1v) is 10.1. The van der Waals surface area contributed by atoms with Crippen LogP contribution in [0.25, 0.3) is 10.8 Å². The number of nitrogens with zero attached hydrogens (tertiary/aromatic N) is 1. The Morgan fingerprint density at radius 2 is 1.57 bits per heavy atom.